The number of benzene rings is 2. The fourth-order valence-corrected chi connectivity index (χ4v) is 3.15. The van der Waals surface area contributed by atoms with Crippen LogP contribution in [0.5, 0.6) is 0 Å². The van der Waals surface area contributed by atoms with E-state index in [2.05, 4.69) is 15.4 Å². The van der Waals surface area contributed by atoms with Crippen LogP contribution in [0.3, 0.4) is 0 Å². The summed E-state index contributed by atoms with van der Waals surface area (Å²) in [7, 11) is 1.57. The molecule has 2 aromatic heterocycles. The average Bonchev–Trinajstić information content (AvgIpc) is 3.17. The maximum absolute atomic E-state index is 11.9. The second-order valence-electron chi connectivity index (χ2n) is 6.19. The zero-order valence-corrected chi connectivity index (χ0v) is 15.0. The monoisotopic (exact) mass is 368 g/mol. The maximum atomic E-state index is 11.9. The number of pyridine rings is 1. The molecule has 0 unspecified atom stereocenters. The van der Waals surface area contributed by atoms with E-state index in [1.807, 2.05) is 36.4 Å². The first-order valence-electron chi connectivity index (χ1n) is 8.57. The SMILES string of the molecule is CNC(=O)c1ccc(-n2ncc3c(-c4ccc(C#N)nc4)cccc32)cc1N. The summed E-state index contributed by atoms with van der Waals surface area (Å²) in [5.41, 5.74) is 10.8. The van der Waals surface area contributed by atoms with Crippen molar-refractivity contribution in [3.05, 3.63) is 72.2 Å². The summed E-state index contributed by atoms with van der Waals surface area (Å²) in [5, 5.41) is 17.0. The number of hydrogen-bond acceptors (Lipinski definition) is 5. The molecule has 3 N–H and O–H groups in total. The molecular formula is C21H16N6O. The number of nitrogen functional groups attached to an aromatic ring is 1. The number of fused-ring (bicyclic) bond motifs is 1. The maximum Gasteiger partial charge on any atom is 0.253 e. The minimum atomic E-state index is -0.232. The molecule has 1 amide bonds. The van der Waals surface area contributed by atoms with Gasteiger partial charge in [0, 0.05) is 29.9 Å². The topological polar surface area (TPSA) is 110 Å². The largest absolute Gasteiger partial charge is 0.398 e. The van der Waals surface area contributed by atoms with E-state index >= 15 is 0 Å². The van der Waals surface area contributed by atoms with E-state index in [1.54, 1.807) is 42.3 Å². The summed E-state index contributed by atoms with van der Waals surface area (Å²) in [6.45, 7) is 0. The number of rotatable bonds is 3. The number of hydrogen-bond donors (Lipinski definition) is 2. The van der Waals surface area contributed by atoms with Crippen molar-refractivity contribution in [1.82, 2.24) is 20.1 Å². The molecule has 7 nitrogen and oxygen atoms in total. The molecule has 28 heavy (non-hydrogen) atoms. The predicted molar refractivity (Wildman–Crippen MR) is 107 cm³/mol. The Morgan fingerprint density at radius 1 is 1.18 bits per heavy atom. The number of nitrogens with two attached hydrogens (primary N) is 1. The highest BCUT2D eigenvalue weighted by Gasteiger charge is 2.13. The second-order valence-corrected chi connectivity index (χ2v) is 6.19. The van der Waals surface area contributed by atoms with E-state index in [4.69, 9.17) is 11.0 Å². The molecule has 0 aliphatic rings. The Labute approximate surface area is 161 Å². The average molecular weight is 368 g/mol. The number of aromatic nitrogens is 3. The molecule has 4 rings (SSSR count). The van der Waals surface area contributed by atoms with Crippen molar-refractivity contribution in [2.45, 2.75) is 0 Å². The minimum Gasteiger partial charge on any atom is -0.398 e. The van der Waals surface area contributed by atoms with Crippen molar-refractivity contribution >= 4 is 22.5 Å². The van der Waals surface area contributed by atoms with Gasteiger partial charge >= 0.3 is 0 Å². The van der Waals surface area contributed by atoms with Crippen LogP contribution in [0, 0.1) is 11.3 Å². The highest BCUT2D eigenvalue weighted by molar-refractivity contribution is 5.99. The first-order valence-corrected chi connectivity index (χ1v) is 8.57. The Kier molecular flexibility index (Phi) is 4.22. The van der Waals surface area contributed by atoms with Gasteiger partial charge in [-0.25, -0.2) is 9.67 Å². The van der Waals surface area contributed by atoms with Gasteiger partial charge in [0.15, 0.2) is 0 Å². The molecule has 136 valence electrons. The molecule has 0 saturated carbocycles. The van der Waals surface area contributed by atoms with Gasteiger partial charge in [0.05, 0.1) is 23.0 Å². The van der Waals surface area contributed by atoms with Crippen LogP contribution >= 0.6 is 0 Å². The highest BCUT2D eigenvalue weighted by atomic mass is 16.1. The van der Waals surface area contributed by atoms with Gasteiger partial charge in [0.25, 0.3) is 5.91 Å². The third kappa shape index (κ3) is 2.83. The molecule has 0 radical (unpaired) electrons. The van der Waals surface area contributed by atoms with Crippen molar-refractivity contribution in [2.75, 3.05) is 12.8 Å². The van der Waals surface area contributed by atoms with Gasteiger partial charge in [-0.15, -0.1) is 0 Å². The summed E-state index contributed by atoms with van der Waals surface area (Å²) in [4.78, 5) is 16.0. The van der Waals surface area contributed by atoms with Crippen LogP contribution < -0.4 is 11.1 Å². The Balaban J connectivity index is 1.81. The van der Waals surface area contributed by atoms with Crippen LogP contribution in [0.4, 0.5) is 5.69 Å². The third-order valence-electron chi connectivity index (χ3n) is 4.55. The van der Waals surface area contributed by atoms with Crippen LogP contribution in [-0.4, -0.2) is 27.7 Å². The number of nitriles is 1. The molecule has 0 fully saturated rings. The van der Waals surface area contributed by atoms with Crippen LogP contribution in [0.2, 0.25) is 0 Å². The Hall–Kier alpha value is -4.18. The number of carbonyl (C=O) groups is 1. The van der Waals surface area contributed by atoms with Crippen LogP contribution in [0.25, 0.3) is 27.7 Å². The van der Waals surface area contributed by atoms with E-state index < -0.39 is 0 Å². The molecule has 0 aliphatic carbocycles. The standard InChI is InChI=1S/C21H16N6O/c1-24-21(28)17-8-7-15(9-19(17)23)27-20-4-2-3-16(18(20)12-26-27)13-5-6-14(10-22)25-11-13/h2-9,11-12H,23H2,1H3,(H,24,28). The zero-order valence-electron chi connectivity index (χ0n) is 15.0. The molecule has 0 spiro atoms. The Morgan fingerprint density at radius 3 is 2.71 bits per heavy atom. The summed E-state index contributed by atoms with van der Waals surface area (Å²) in [6, 6.07) is 16.7. The van der Waals surface area contributed by atoms with Gasteiger partial charge in [-0.3, -0.25) is 4.79 Å². The van der Waals surface area contributed by atoms with Crippen LogP contribution in [0.15, 0.2) is 60.9 Å². The van der Waals surface area contributed by atoms with E-state index in [9.17, 15) is 4.79 Å². The highest BCUT2D eigenvalue weighted by Crippen LogP contribution is 2.30. The first-order chi connectivity index (χ1) is 13.6. The fraction of sp³-hybridized carbons (Fsp3) is 0.0476. The van der Waals surface area contributed by atoms with E-state index in [0.29, 0.717) is 16.9 Å². The normalized spacial score (nSPS) is 10.6. The van der Waals surface area contributed by atoms with Gasteiger partial charge in [-0.1, -0.05) is 12.1 Å². The van der Waals surface area contributed by atoms with Crippen LogP contribution in [0.1, 0.15) is 16.1 Å². The van der Waals surface area contributed by atoms with Crippen molar-refractivity contribution in [3.8, 4) is 22.9 Å². The quantitative estimate of drug-likeness (QED) is 0.540. The number of carbonyl (C=O) groups excluding carboxylic acids is 1. The zero-order chi connectivity index (χ0) is 19.7. The van der Waals surface area contributed by atoms with Gasteiger partial charge in [-0.2, -0.15) is 10.4 Å². The van der Waals surface area contributed by atoms with Crippen molar-refractivity contribution in [1.29, 1.82) is 5.26 Å². The van der Waals surface area contributed by atoms with Gasteiger partial charge in [0.1, 0.15) is 11.8 Å². The molecule has 0 aliphatic heterocycles. The molecule has 0 saturated heterocycles. The van der Waals surface area contributed by atoms with Gasteiger partial charge < -0.3 is 11.1 Å². The molecule has 2 aromatic carbocycles. The van der Waals surface area contributed by atoms with Crippen LogP contribution in [-0.2, 0) is 0 Å². The summed E-state index contributed by atoms with van der Waals surface area (Å²) >= 11 is 0. The number of amides is 1. The molecular weight excluding hydrogens is 352 g/mol. The number of nitrogens with zero attached hydrogens (tertiary/aromatic N) is 4. The summed E-state index contributed by atoms with van der Waals surface area (Å²) in [6.07, 6.45) is 3.46. The lowest BCUT2D eigenvalue weighted by atomic mass is 10.0. The lowest BCUT2D eigenvalue weighted by Gasteiger charge is -2.09. The molecule has 0 atom stereocenters. The Bertz CT molecular complexity index is 1230. The molecule has 2 heterocycles. The third-order valence-corrected chi connectivity index (χ3v) is 4.55. The van der Waals surface area contributed by atoms with E-state index in [1.165, 1.54) is 0 Å². The smallest absolute Gasteiger partial charge is 0.253 e. The molecule has 7 heteroatoms. The summed E-state index contributed by atoms with van der Waals surface area (Å²) in [5.74, 6) is -0.232. The fourth-order valence-electron chi connectivity index (χ4n) is 3.15. The number of anilines is 1. The van der Waals surface area contributed by atoms with Crippen molar-refractivity contribution in [3.63, 3.8) is 0 Å². The molecule has 4 aromatic rings. The van der Waals surface area contributed by atoms with Crippen molar-refractivity contribution in [2.24, 2.45) is 0 Å². The summed E-state index contributed by atoms with van der Waals surface area (Å²) < 4.78 is 1.78. The lowest BCUT2D eigenvalue weighted by molar-refractivity contribution is 0.0964. The first kappa shape index (κ1) is 17.2. The minimum absolute atomic E-state index is 0.232. The number of nitrogens with one attached hydrogen (secondary N) is 1. The second kappa shape index (κ2) is 6.85. The van der Waals surface area contributed by atoms with Crippen molar-refractivity contribution < 1.29 is 4.79 Å². The molecule has 0 bridgehead atoms. The van der Waals surface area contributed by atoms with Gasteiger partial charge in [-0.05, 0) is 42.0 Å². The van der Waals surface area contributed by atoms with E-state index in [-0.39, 0.29) is 5.91 Å². The Morgan fingerprint density at radius 2 is 2.04 bits per heavy atom. The predicted octanol–water partition coefficient (Wildman–Crippen LogP) is 2.90. The lowest BCUT2D eigenvalue weighted by Crippen LogP contribution is -2.19. The van der Waals surface area contributed by atoms with E-state index in [0.717, 1.165) is 27.7 Å². The van der Waals surface area contributed by atoms with Gasteiger partial charge in [0.2, 0.25) is 0 Å².